The van der Waals surface area contributed by atoms with Gasteiger partial charge < -0.3 is 122 Å². The maximum absolute atomic E-state index is 11.2. The molecule has 22 N–H and O–H groups in total. The lowest BCUT2D eigenvalue weighted by atomic mass is 9.87. The minimum atomic E-state index is -1.84. The molecule has 0 bridgehead atoms. The summed E-state index contributed by atoms with van der Waals surface area (Å²) in [7, 11) is 0. The van der Waals surface area contributed by atoms with Crippen molar-refractivity contribution in [1.29, 1.82) is 0 Å². The number of unbranched alkanes of at least 4 members (excludes halogenated alkanes) is 2. The molecule has 0 aromatic heterocycles. The van der Waals surface area contributed by atoms with Gasteiger partial charge in [0.15, 0.2) is 0 Å². The number of allylic oxidation sites excluding steroid dienone is 9. The Kier molecular flexibility index (Phi) is 44.7. The van der Waals surface area contributed by atoms with Gasteiger partial charge in [0.1, 0.15) is 61.0 Å². The molecular formula is C70H120O24. The molecule has 2 heterocycles. The monoisotopic (exact) mass is 1340 g/mol. The fraction of sp³-hybridized carbons (Fsp3) is 0.743. The molecule has 2 fully saturated rings. The first-order chi connectivity index (χ1) is 44.5. The number of hydrogen-bond acceptors (Lipinski definition) is 24. The smallest absolute Gasteiger partial charge is 0.115 e. The summed E-state index contributed by atoms with van der Waals surface area (Å²) >= 11 is 0. The highest BCUT2D eigenvalue weighted by Gasteiger charge is 2.47. The maximum atomic E-state index is 11.2. The highest BCUT2D eigenvalue weighted by Crippen LogP contribution is 2.32. The Morgan fingerprint density at radius 3 is 1.61 bits per heavy atom. The summed E-state index contributed by atoms with van der Waals surface area (Å²) < 4.78 is 11.6. The molecule has 0 saturated carbocycles. The van der Waals surface area contributed by atoms with Gasteiger partial charge in [-0.05, 0) is 147 Å². The molecule has 2 rings (SSSR count). The van der Waals surface area contributed by atoms with E-state index in [1.165, 1.54) is 18.2 Å². The Bertz CT molecular complexity index is 2230. The van der Waals surface area contributed by atoms with Crippen LogP contribution >= 0.6 is 0 Å². The van der Waals surface area contributed by atoms with Crippen molar-refractivity contribution >= 4 is 0 Å². The second-order valence-corrected chi connectivity index (χ2v) is 25.9. The van der Waals surface area contributed by atoms with Crippen molar-refractivity contribution in [1.82, 2.24) is 0 Å². The summed E-state index contributed by atoms with van der Waals surface area (Å²) in [6.45, 7) is 10.3. The first-order valence-corrected chi connectivity index (χ1v) is 33.7. The third-order valence-electron chi connectivity index (χ3n) is 17.5. The minimum Gasteiger partial charge on any atom is -0.394 e. The van der Waals surface area contributed by atoms with Crippen LogP contribution in [-0.4, -0.2) is 272 Å². The summed E-state index contributed by atoms with van der Waals surface area (Å²) in [5.74, 6) is -0.709. The Balaban J connectivity index is 1.76. The van der Waals surface area contributed by atoms with E-state index in [1.54, 1.807) is 38.2 Å². The van der Waals surface area contributed by atoms with E-state index in [1.807, 2.05) is 42.5 Å². The van der Waals surface area contributed by atoms with E-state index in [4.69, 9.17) is 14.6 Å². The normalized spacial score (nSPS) is 27.0. The lowest BCUT2D eigenvalue weighted by Crippen LogP contribution is -2.59. The average molecular weight is 1350 g/mol. The second kappa shape index (κ2) is 48.4. The van der Waals surface area contributed by atoms with Crippen LogP contribution in [0.3, 0.4) is 0 Å². The van der Waals surface area contributed by atoms with Crippen molar-refractivity contribution < 1.29 is 122 Å². The lowest BCUT2D eigenvalue weighted by molar-refractivity contribution is -0.234. The Labute approximate surface area is 555 Å². The average Bonchev–Trinajstić information content (AvgIpc) is 0.824. The van der Waals surface area contributed by atoms with E-state index in [9.17, 15) is 107 Å². The minimum absolute atomic E-state index is 0.00169. The molecule has 0 aromatic rings. The van der Waals surface area contributed by atoms with Gasteiger partial charge in [0, 0.05) is 19.3 Å². The molecule has 2 saturated heterocycles. The van der Waals surface area contributed by atoms with Crippen LogP contribution in [0.25, 0.3) is 0 Å². The highest BCUT2D eigenvalue weighted by atomic mass is 16.6. The molecular weight excluding hydrogens is 1220 g/mol. The standard InChI is InChI=1S/C70H120O24/c1-5-6-7-8-9-10-11-12-13-14-15-16-31-54(80)64(88)69-67(91)59(85)41-61(94-69)68(92)63(87)44(3)34-36-53(79)60-40-58(84)66(90)70(93-60)65(89)56(82)37-43(2)33-35-50(76)39-57(83)62(86)45(4)38-55(81)52(78)32-21-29-49(75)27-19-25-47(73)23-17-22-46(72)24-18-26-48(74)28-20-30-51(77)42-71/h5,8-13,16,18,20,24,28,31,37,45-92H,1,3,6-7,14-15,17,19,21-23,25-27,29-30,32-36,38-42H2,2,4H3/b9-8+,11-10+,13-12+,24-18+,28-20+,31-16+,43-37+. The van der Waals surface area contributed by atoms with Crippen molar-refractivity contribution in [3.05, 3.63) is 109 Å². The van der Waals surface area contributed by atoms with Crippen LogP contribution in [0.15, 0.2) is 109 Å². The van der Waals surface area contributed by atoms with Crippen LogP contribution in [0.5, 0.6) is 0 Å². The zero-order valence-electron chi connectivity index (χ0n) is 55.1. The molecule has 26 atom stereocenters. The van der Waals surface area contributed by atoms with Gasteiger partial charge in [-0.3, -0.25) is 0 Å². The molecule has 26 unspecified atom stereocenters. The molecule has 0 spiro atoms. The molecule has 0 aliphatic carbocycles. The van der Waals surface area contributed by atoms with Crippen molar-refractivity contribution in [2.45, 2.75) is 314 Å². The van der Waals surface area contributed by atoms with Crippen LogP contribution in [0.1, 0.15) is 162 Å². The molecule has 94 heavy (non-hydrogen) atoms. The number of aliphatic hydroxyl groups is 22. The van der Waals surface area contributed by atoms with Crippen LogP contribution < -0.4 is 0 Å². The van der Waals surface area contributed by atoms with Gasteiger partial charge in [0.05, 0.1) is 98.2 Å². The van der Waals surface area contributed by atoms with Gasteiger partial charge >= 0.3 is 0 Å². The SMILES string of the molecule is C=CCC/C=C/C=C/C=C/CC/C=C/C(O)C(O)C1OC(C(O)C(O)C(=C)CCC(O)C2CC(O)C(O)C(C(O)C(O)/C=C(\C)CCC(O)CC(O)C(O)C(C)CC(O)C(O)CCCC(O)CCCC(O)CCCC(O)/C=C/CC(O)/C=C/CC(O)CO)O2)CC(O)C1O. The third-order valence-corrected chi connectivity index (χ3v) is 17.5. The van der Waals surface area contributed by atoms with Gasteiger partial charge in [-0.15, -0.1) is 6.58 Å². The van der Waals surface area contributed by atoms with Gasteiger partial charge in [0.25, 0.3) is 0 Å². The third kappa shape index (κ3) is 34.5. The molecule has 0 radical (unpaired) electrons. The van der Waals surface area contributed by atoms with E-state index < -0.39 is 159 Å². The summed E-state index contributed by atoms with van der Waals surface area (Å²) in [4.78, 5) is 0. The zero-order valence-corrected chi connectivity index (χ0v) is 55.1. The second-order valence-electron chi connectivity index (χ2n) is 25.9. The predicted molar refractivity (Wildman–Crippen MR) is 354 cm³/mol. The first-order valence-electron chi connectivity index (χ1n) is 33.7. The van der Waals surface area contributed by atoms with Crippen LogP contribution in [-0.2, 0) is 9.47 Å². The van der Waals surface area contributed by atoms with Gasteiger partial charge in [0.2, 0.25) is 0 Å². The maximum Gasteiger partial charge on any atom is 0.115 e. The number of hydrogen-bond donors (Lipinski definition) is 22. The summed E-state index contributed by atoms with van der Waals surface area (Å²) in [6, 6.07) is 0. The number of aliphatic hydroxyl groups excluding tert-OH is 22. The molecule has 544 valence electrons. The van der Waals surface area contributed by atoms with E-state index in [-0.39, 0.29) is 82.8 Å². The Morgan fingerprint density at radius 2 is 1.01 bits per heavy atom. The highest BCUT2D eigenvalue weighted by molar-refractivity contribution is 5.13. The van der Waals surface area contributed by atoms with Crippen LogP contribution in [0.2, 0.25) is 0 Å². The van der Waals surface area contributed by atoms with E-state index in [0.717, 1.165) is 12.8 Å². The van der Waals surface area contributed by atoms with E-state index in [0.29, 0.717) is 69.8 Å². The molecule has 24 nitrogen and oxygen atoms in total. The fourth-order valence-electron chi connectivity index (χ4n) is 11.3. The van der Waals surface area contributed by atoms with Crippen LogP contribution in [0.4, 0.5) is 0 Å². The van der Waals surface area contributed by atoms with E-state index >= 15 is 0 Å². The Hall–Kier alpha value is -3.30. The van der Waals surface area contributed by atoms with Crippen molar-refractivity contribution in [2.75, 3.05) is 6.61 Å². The summed E-state index contributed by atoms with van der Waals surface area (Å²) in [6.07, 6.45) is -3.96. The number of ether oxygens (including phenoxy) is 2. The number of rotatable bonds is 50. The summed E-state index contributed by atoms with van der Waals surface area (Å²) in [5.41, 5.74) is 0.468. The van der Waals surface area contributed by atoms with Gasteiger partial charge in [-0.25, -0.2) is 0 Å². The summed E-state index contributed by atoms with van der Waals surface area (Å²) in [5, 5.41) is 233. The quantitative estimate of drug-likeness (QED) is 0.0227. The largest absolute Gasteiger partial charge is 0.394 e. The van der Waals surface area contributed by atoms with Gasteiger partial charge in [-0.2, -0.15) is 0 Å². The van der Waals surface area contributed by atoms with E-state index in [2.05, 4.69) is 13.2 Å². The van der Waals surface area contributed by atoms with Crippen molar-refractivity contribution in [3.63, 3.8) is 0 Å². The lowest BCUT2D eigenvalue weighted by Gasteiger charge is -2.42. The van der Waals surface area contributed by atoms with Gasteiger partial charge in [-0.1, -0.05) is 104 Å². The topological polar surface area (TPSA) is 464 Å². The molecule has 2 aliphatic rings. The molecule has 0 aromatic carbocycles. The predicted octanol–water partition coefficient (Wildman–Crippen LogP) is 0.727. The molecule has 2 aliphatic heterocycles. The van der Waals surface area contributed by atoms with Crippen molar-refractivity contribution in [2.24, 2.45) is 5.92 Å². The molecule has 24 heteroatoms. The Morgan fingerprint density at radius 1 is 0.489 bits per heavy atom. The molecule has 0 amide bonds. The van der Waals surface area contributed by atoms with Crippen molar-refractivity contribution in [3.8, 4) is 0 Å². The van der Waals surface area contributed by atoms with Crippen LogP contribution in [0, 0.1) is 5.92 Å². The fourth-order valence-corrected chi connectivity index (χ4v) is 11.3. The zero-order chi connectivity index (χ0) is 70.5. The first kappa shape index (κ1) is 86.8.